The van der Waals surface area contributed by atoms with E-state index in [1.807, 2.05) is 66.7 Å². The second-order valence-electron chi connectivity index (χ2n) is 5.78. The van der Waals surface area contributed by atoms with Crippen molar-refractivity contribution in [3.8, 4) is 22.4 Å². The van der Waals surface area contributed by atoms with Gasteiger partial charge in [0.2, 0.25) is 5.69 Å². The van der Waals surface area contributed by atoms with E-state index >= 15 is 0 Å². The van der Waals surface area contributed by atoms with Crippen molar-refractivity contribution in [1.82, 2.24) is 0 Å². The van der Waals surface area contributed by atoms with Gasteiger partial charge in [-0.25, -0.2) is 9.59 Å². The second-order valence-corrected chi connectivity index (χ2v) is 5.78. The van der Waals surface area contributed by atoms with Crippen LogP contribution in [0.4, 0.5) is 4.79 Å². The van der Waals surface area contributed by atoms with Crippen LogP contribution in [0.25, 0.3) is 22.4 Å². The van der Waals surface area contributed by atoms with Gasteiger partial charge in [0.1, 0.15) is 0 Å². The molecule has 0 saturated carbocycles. The highest BCUT2D eigenvalue weighted by molar-refractivity contribution is 5.89. The molecule has 0 fully saturated rings. The SMILES string of the molecule is CCOC(=O)c1cc(-c2ccccc2)cc(-c2ccccc2)[n+]1NC(N)=O. The Bertz CT molecular complexity index is 957. The molecule has 3 aromatic rings. The number of esters is 1. The maximum atomic E-state index is 12.6. The summed E-state index contributed by atoms with van der Waals surface area (Å²) in [6.07, 6.45) is 0. The fourth-order valence-corrected chi connectivity index (χ4v) is 2.80. The number of amides is 2. The molecule has 1 heterocycles. The quantitative estimate of drug-likeness (QED) is 0.540. The van der Waals surface area contributed by atoms with Crippen molar-refractivity contribution in [2.24, 2.45) is 5.73 Å². The summed E-state index contributed by atoms with van der Waals surface area (Å²) in [5.41, 5.74) is 11.2. The van der Waals surface area contributed by atoms with Gasteiger partial charge in [-0.1, -0.05) is 53.2 Å². The molecule has 2 amide bonds. The Hall–Kier alpha value is -3.67. The van der Waals surface area contributed by atoms with Gasteiger partial charge in [0.15, 0.2) is 0 Å². The van der Waals surface area contributed by atoms with Gasteiger partial charge >= 0.3 is 17.7 Å². The lowest BCUT2D eigenvalue weighted by molar-refractivity contribution is -0.632. The van der Waals surface area contributed by atoms with Gasteiger partial charge in [0.25, 0.3) is 0 Å². The summed E-state index contributed by atoms with van der Waals surface area (Å²) < 4.78 is 6.54. The number of rotatable bonds is 5. The van der Waals surface area contributed by atoms with Gasteiger partial charge in [-0.2, -0.15) is 0 Å². The molecule has 0 spiro atoms. The Kier molecular flexibility index (Phi) is 5.47. The van der Waals surface area contributed by atoms with Gasteiger partial charge in [-0.15, -0.1) is 5.43 Å². The molecule has 0 aliphatic rings. The number of ether oxygens (including phenoxy) is 1. The molecule has 6 heteroatoms. The number of carbonyl (C=O) groups excluding carboxylic acids is 2. The zero-order chi connectivity index (χ0) is 19.2. The number of nitrogens with zero attached hydrogens (tertiary/aromatic N) is 1. The molecule has 0 aliphatic carbocycles. The summed E-state index contributed by atoms with van der Waals surface area (Å²) in [6, 6.07) is 21.9. The van der Waals surface area contributed by atoms with E-state index < -0.39 is 12.0 Å². The van der Waals surface area contributed by atoms with Crippen molar-refractivity contribution in [1.29, 1.82) is 0 Å². The molecule has 3 N–H and O–H groups in total. The largest absolute Gasteiger partial charge is 0.458 e. The highest BCUT2D eigenvalue weighted by Crippen LogP contribution is 2.25. The molecule has 136 valence electrons. The number of benzene rings is 2. The van der Waals surface area contributed by atoms with E-state index in [0.29, 0.717) is 5.69 Å². The Morgan fingerprint density at radius 2 is 1.52 bits per heavy atom. The molecule has 0 saturated heterocycles. The standard InChI is InChI=1S/C21H19N3O3/c1-2-27-20(25)19-14-17(15-9-5-3-6-10-15)13-18(24(19)23-21(22)26)16-11-7-4-8-12-16/h3-14H,2H2,1H3,(H2-,22,23,25,26)/p+1. The monoisotopic (exact) mass is 362 g/mol. The number of hydrogen-bond donors (Lipinski definition) is 2. The third-order valence-electron chi connectivity index (χ3n) is 3.95. The minimum atomic E-state index is -0.782. The van der Waals surface area contributed by atoms with Crippen molar-refractivity contribution in [2.45, 2.75) is 6.92 Å². The van der Waals surface area contributed by atoms with Crippen molar-refractivity contribution in [3.63, 3.8) is 0 Å². The lowest BCUT2D eigenvalue weighted by Crippen LogP contribution is -2.56. The van der Waals surface area contributed by atoms with Crippen LogP contribution in [0.1, 0.15) is 17.4 Å². The molecule has 27 heavy (non-hydrogen) atoms. The van der Waals surface area contributed by atoms with E-state index in [9.17, 15) is 9.59 Å². The van der Waals surface area contributed by atoms with Gasteiger partial charge in [0, 0.05) is 17.7 Å². The lowest BCUT2D eigenvalue weighted by atomic mass is 10.0. The van der Waals surface area contributed by atoms with E-state index in [1.54, 1.807) is 13.0 Å². The summed E-state index contributed by atoms with van der Waals surface area (Å²) in [7, 11) is 0. The lowest BCUT2D eigenvalue weighted by Gasteiger charge is -2.10. The first-order valence-electron chi connectivity index (χ1n) is 8.54. The van der Waals surface area contributed by atoms with Gasteiger partial charge in [-0.05, 0) is 30.2 Å². The van der Waals surface area contributed by atoms with Crippen LogP contribution < -0.4 is 15.8 Å². The van der Waals surface area contributed by atoms with Crippen molar-refractivity contribution >= 4 is 12.0 Å². The van der Waals surface area contributed by atoms with Crippen LogP contribution >= 0.6 is 0 Å². The zero-order valence-electron chi connectivity index (χ0n) is 14.9. The molecule has 0 atom stereocenters. The predicted octanol–water partition coefficient (Wildman–Crippen LogP) is 3.11. The Morgan fingerprint density at radius 3 is 2.07 bits per heavy atom. The Balaban J connectivity index is 2.29. The fourth-order valence-electron chi connectivity index (χ4n) is 2.80. The maximum absolute atomic E-state index is 12.6. The number of aromatic nitrogens is 1. The number of pyridine rings is 1. The van der Waals surface area contributed by atoms with Crippen LogP contribution in [0.2, 0.25) is 0 Å². The highest BCUT2D eigenvalue weighted by atomic mass is 16.5. The predicted molar refractivity (Wildman–Crippen MR) is 102 cm³/mol. The van der Waals surface area contributed by atoms with E-state index in [-0.39, 0.29) is 12.3 Å². The average molecular weight is 362 g/mol. The molecule has 6 nitrogen and oxygen atoms in total. The second kappa shape index (κ2) is 8.14. The third kappa shape index (κ3) is 4.12. The molecular formula is C21H20N3O3+. The molecule has 2 aromatic carbocycles. The summed E-state index contributed by atoms with van der Waals surface area (Å²) in [4.78, 5) is 24.2. The number of hydrogen-bond acceptors (Lipinski definition) is 3. The van der Waals surface area contributed by atoms with Crippen LogP contribution in [-0.4, -0.2) is 18.6 Å². The summed E-state index contributed by atoms with van der Waals surface area (Å²) in [5, 5.41) is 0. The third-order valence-corrected chi connectivity index (χ3v) is 3.95. The first-order chi connectivity index (χ1) is 13.1. The average Bonchev–Trinajstić information content (AvgIpc) is 2.69. The maximum Gasteiger partial charge on any atom is 0.406 e. The van der Waals surface area contributed by atoms with Gasteiger partial charge in [0.05, 0.1) is 6.61 Å². The van der Waals surface area contributed by atoms with E-state index in [4.69, 9.17) is 10.5 Å². The molecule has 1 aromatic heterocycles. The number of primary amides is 1. The molecule has 3 rings (SSSR count). The van der Waals surface area contributed by atoms with Crippen LogP contribution in [0.3, 0.4) is 0 Å². The molecule has 0 radical (unpaired) electrons. The van der Waals surface area contributed by atoms with Crippen molar-refractivity contribution < 1.29 is 19.0 Å². The van der Waals surface area contributed by atoms with Gasteiger partial charge < -0.3 is 10.5 Å². The van der Waals surface area contributed by atoms with E-state index in [1.165, 1.54) is 4.68 Å². The van der Waals surface area contributed by atoms with Crippen molar-refractivity contribution in [2.75, 3.05) is 12.0 Å². The number of carbonyl (C=O) groups is 2. The topological polar surface area (TPSA) is 85.3 Å². The van der Waals surface area contributed by atoms with Crippen LogP contribution in [0, 0.1) is 0 Å². The highest BCUT2D eigenvalue weighted by Gasteiger charge is 2.29. The Morgan fingerprint density at radius 1 is 0.926 bits per heavy atom. The Labute approximate surface area is 157 Å². The summed E-state index contributed by atoms with van der Waals surface area (Å²) >= 11 is 0. The fraction of sp³-hybridized carbons (Fsp3) is 0.0952. The number of nitrogens with one attached hydrogen (secondary N) is 1. The van der Waals surface area contributed by atoms with Crippen LogP contribution in [0.5, 0.6) is 0 Å². The van der Waals surface area contributed by atoms with Gasteiger partial charge in [-0.3, -0.25) is 0 Å². The summed E-state index contributed by atoms with van der Waals surface area (Å²) in [6.45, 7) is 1.94. The summed E-state index contributed by atoms with van der Waals surface area (Å²) in [5.74, 6) is -0.554. The minimum absolute atomic E-state index is 0.177. The molecule has 0 unspecified atom stereocenters. The number of urea groups is 1. The van der Waals surface area contributed by atoms with Crippen LogP contribution in [0.15, 0.2) is 72.8 Å². The van der Waals surface area contributed by atoms with Crippen LogP contribution in [-0.2, 0) is 4.74 Å². The van der Waals surface area contributed by atoms with E-state index in [0.717, 1.165) is 16.7 Å². The normalized spacial score (nSPS) is 10.3. The first-order valence-corrected chi connectivity index (χ1v) is 8.54. The smallest absolute Gasteiger partial charge is 0.406 e. The molecular weight excluding hydrogens is 342 g/mol. The number of nitrogens with two attached hydrogens (primary N) is 1. The van der Waals surface area contributed by atoms with Crippen molar-refractivity contribution in [3.05, 3.63) is 78.5 Å². The molecule has 0 aliphatic heterocycles. The molecule has 0 bridgehead atoms. The van der Waals surface area contributed by atoms with E-state index in [2.05, 4.69) is 5.43 Å². The first kappa shape index (κ1) is 18.1. The minimum Gasteiger partial charge on any atom is -0.458 e. The zero-order valence-corrected chi connectivity index (χ0v) is 14.9.